The van der Waals surface area contributed by atoms with Crippen LogP contribution in [-0.4, -0.2) is 41.9 Å². The third-order valence-corrected chi connectivity index (χ3v) is 6.51. The molecular formula is C24H30Cl2N2O. The Kier molecular flexibility index (Phi) is 8.40. The van der Waals surface area contributed by atoms with Crippen LogP contribution >= 0.6 is 23.2 Å². The van der Waals surface area contributed by atoms with E-state index in [0.29, 0.717) is 28.7 Å². The van der Waals surface area contributed by atoms with Crippen LogP contribution in [0.1, 0.15) is 61.0 Å². The summed E-state index contributed by atoms with van der Waals surface area (Å²) >= 11 is 12.4. The zero-order valence-corrected chi connectivity index (χ0v) is 18.6. The molecule has 3 nitrogen and oxygen atoms in total. The fourth-order valence-corrected chi connectivity index (χ4v) is 4.40. The van der Waals surface area contributed by atoms with Crippen LogP contribution < -0.4 is 0 Å². The number of piperazine rings is 1. The molecule has 156 valence electrons. The molecule has 0 saturated carbocycles. The summed E-state index contributed by atoms with van der Waals surface area (Å²) in [7, 11) is 0. The van der Waals surface area contributed by atoms with E-state index in [4.69, 9.17) is 23.2 Å². The van der Waals surface area contributed by atoms with Crippen LogP contribution in [0.25, 0.3) is 0 Å². The number of amides is 1. The van der Waals surface area contributed by atoms with E-state index in [1.807, 2.05) is 11.0 Å². The molecule has 1 aliphatic heterocycles. The molecule has 5 heteroatoms. The monoisotopic (exact) mass is 432 g/mol. The van der Waals surface area contributed by atoms with Gasteiger partial charge in [-0.25, -0.2) is 0 Å². The number of hydrogen-bond acceptors (Lipinski definition) is 2. The molecule has 29 heavy (non-hydrogen) atoms. The van der Waals surface area contributed by atoms with Gasteiger partial charge >= 0.3 is 0 Å². The average molecular weight is 433 g/mol. The van der Waals surface area contributed by atoms with Crippen molar-refractivity contribution in [2.75, 3.05) is 26.2 Å². The van der Waals surface area contributed by atoms with Gasteiger partial charge in [0.2, 0.25) is 0 Å². The van der Waals surface area contributed by atoms with Gasteiger partial charge in [0.25, 0.3) is 5.91 Å². The second-order valence-corrected chi connectivity index (χ2v) is 8.51. The summed E-state index contributed by atoms with van der Waals surface area (Å²) in [5, 5.41) is 0.761. The van der Waals surface area contributed by atoms with E-state index < -0.39 is 0 Å². The predicted molar refractivity (Wildman–Crippen MR) is 122 cm³/mol. The van der Waals surface area contributed by atoms with E-state index in [1.165, 1.54) is 37.7 Å². The van der Waals surface area contributed by atoms with Crippen LogP contribution in [-0.2, 0) is 0 Å². The number of benzene rings is 2. The van der Waals surface area contributed by atoms with Crippen molar-refractivity contribution in [2.45, 2.75) is 45.1 Å². The summed E-state index contributed by atoms with van der Waals surface area (Å²) in [6.45, 7) is 5.56. The van der Waals surface area contributed by atoms with Gasteiger partial charge < -0.3 is 4.90 Å². The zero-order chi connectivity index (χ0) is 20.6. The Balaban J connectivity index is 1.72. The molecule has 0 spiro atoms. The molecule has 2 aromatic carbocycles. The van der Waals surface area contributed by atoms with Gasteiger partial charge in [0.15, 0.2) is 0 Å². The first-order chi connectivity index (χ1) is 14.1. The maximum absolute atomic E-state index is 13.2. The van der Waals surface area contributed by atoms with E-state index in [1.54, 1.807) is 18.2 Å². The summed E-state index contributed by atoms with van der Waals surface area (Å²) in [5.41, 5.74) is 1.75. The average Bonchev–Trinajstić information content (AvgIpc) is 2.76. The Hall–Kier alpha value is -1.55. The van der Waals surface area contributed by atoms with Crippen molar-refractivity contribution in [3.8, 4) is 0 Å². The molecule has 1 fully saturated rings. The number of rotatable bonds is 8. The van der Waals surface area contributed by atoms with E-state index in [0.717, 1.165) is 13.1 Å². The minimum atomic E-state index is -0.0407. The number of hydrogen-bond donors (Lipinski definition) is 0. The SMILES string of the molecule is CCCCCCCN1CCN(C(=O)c2cccc(Cl)c2Cl)CC1c1ccccc1. The molecule has 3 rings (SSSR count). The van der Waals surface area contributed by atoms with Crippen molar-refractivity contribution in [1.29, 1.82) is 0 Å². The lowest BCUT2D eigenvalue weighted by Gasteiger charge is -2.42. The van der Waals surface area contributed by atoms with Crippen molar-refractivity contribution in [2.24, 2.45) is 0 Å². The Morgan fingerprint density at radius 1 is 0.966 bits per heavy atom. The van der Waals surface area contributed by atoms with E-state index >= 15 is 0 Å². The lowest BCUT2D eigenvalue weighted by Crippen LogP contribution is -2.50. The molecule has 1 heterocycles. The number of unbranched alkanes of at least 4 members (excludes halogenated alkanes) is 4. The molecule has 1 amide bonds. The normalized spacial score (nSPS) is 17.5. The Morgan fingerprint density at radius 2 is 1.72 bits per heavy atom. The predicted octanol–water partition coefficient (Wildman–Crippen LogP) is 6.46. The van der Waals surface area contributed by atoms with Gasteiger partial charge in [-0.3, -0.25) is 9.69 Å². The highest BCUT2D eigenvalue weighted by Crippen LogP contribution is 2.30. The molecule has 0 aromatic heterocycles. The summed E-state index contributed by atoms with van der Waals surface area (Å²) in [6, 6.07) is 16.0. The minimum Gasteiger partial charge on any atom is -0.335 e. The number of nitrogens with zero attached hydrogens (tertiary/aromatic N) is 2. The largest absolute Gasteiger partial charge is 0.335 e. The molecule has 1 atom stereocenters. The van der Waals surface area contributed by atoms with Gasteiger partial charge in [-0.2, -0.15) is 0 Å². The number of carbonyl (C=O) groups is 1. The molecule has 0 bridgehead atoms. The van der Waals surface area contributed by atoms with Crippen molar-refractivity contribution < 1.29 is 4.79 Å². The van der Waals surface area contributed by atoms with Gasteiger partial charge in [-0.15, -0.1) is 0 Å². The Labute approximate surface area is 184 Å². The van der Waals surface area contributed by atoms with Gasteiger partial charge in [0.05, 0.1) is 21.7 Å². The first-order valence-electron chi connectivity index (χ1n) is 10.6. The second-order valence-electron chi connectivity index (χ2n) is 7.73. The Morgan fingerprint density at radius 3 is 2.48 bits per heavy atom. The third kappa shape index (κ3) is 5.75. The minimum absolute atomic E-state index is 0.0407. The lowest BCUT2D eigenvalue weighted by molar-refractivity contribution is 0.0474. The fourth-order valence-electron chi connectivity index (χ4n) is 4.02. The van der Waals surface area contributed by atoms with Crippen molar-refractivity contribution in [1.82, 2.24) is 9.80 Å². The summed E-state index contributed by atoms with van der Waals surface area (Å²) in [5.74, 6) is -0.0407. The highest BCUT2D eigenvalue weighted by atomic mass is 35.5. The van der Waals surface area contributed by atoms with Gasteiger partial charge in [-0.05, 0) is 30.7 Å². The van der Waals surface area contributed by atoms with Crippen LogP contribution in [0.2, 0.25) is 10.0 Å². The van der Waals surface area contributed by atoms with Crippen LogP contribution in [0.3, 0.4) is 0 Å². The molecule has 2 aromatic rings. The second kappa shape index (κ2) is 11.0. The van der Waals surface area contributed by atoms with Crippen molar-refractivity contribution in [3.63, 3.8) is 0 Å². The first-order valence-corrected chi connectivity index (χ1v) is 11.4. The topological polar surface area (TPSA) is 23.6 Å². The van der Waals surface area contributed by atoms with Gasteiger partial charge in [0, 0.05) is 19.6 Å². The van der Waals surface area contributed by atoms with Crippen LogP contribution in [0.5, 0.6) is 0 Å². The molecule has 0 aliphatic carbocycles. The third-order valence-electron chi connectivity index (χ3n) is 5.69. The van der Waals surface area contributed by atoms with E-state index in [-0.39, 0.29) is 11.9 Å². The maximum Gasteiger partial charge on any atom is 0.255 e. The maximum atomic E-state index is 13.2. The first kappa shape index (κ1) is 22.1. The Bertz CT molecular complexity index is 797. The zero-order valence-electron chi connectivity index (χ0n) is 17.1. The summed E-state index contributed by atoms with van der Waals surface area (Å²) in [4.78, 5) is 17.6. The molecule has 1 saturated heterocycles. The van der Waals surface area contributed by atoms with Crippen LogP contribution in [0, 0.1) is 0 Å². The molecular weight excluding hydrogens is 403 g/mol. The van der Waals surface area contributed by atoms with Crippen LogP contribution in [0.4, 0.5) is 0 Å². The molecule has 1 aliphatic rings. The number of halogens is 2. The lowest BCUT2D eigenvalue weighted by atomic mass is 10.0. The molecule has 0 radical (unpaired) electrons. The molecule has 0 N–H and O–H groups in total. The summed E-state index contributed by atoms with van der Waals surface area (Å²) in [6.07, 6.45) is 6.35. The van der Waals surface area contributed by atoms with Gasteiger partial charge in [-0.1, -0.05) is 92.2 Å². The molecule has 1 unspecified atom stereocenters. The van der Waals surface area contributed by atoms with E-state index in [9.17, 15) is 4.79 Å². The summed E-state index contributed by atoms with van der Waals surface area (Å²) < 4.78 is 0. The van der Waals surface area contributed by atoms with Crippen LogP contribution in [0.15, 0.2) is 48.5 Å². The van der Waals surface area contributed by atoms with Crippen molar-refractivity contribution in [3.05, 3.63) is 69.7 Å². The highest BCUT2D eigenvalue weighted by molar-refractivity contribution is 6.43. The smallest absolute Gasteiger partial charge is 0.255 e. The number of carbonyl (C=O) groups excluding carboxylic acids is 1. The van der Waals surface area contributed by atoms with Gasteiger partial charge in [0.1, 0.15) is 0 Å². The highest BCUT2D eigenvalue weighted by Gasteiger charge is 2.31. The van der Waals surface area contributed by atoms with Crippen molar-refractivity contribution >= 4 is 29.1 Å². The fraction of sp³-hybridized carbons (Fsp3) is 0.458. The standard InChI is InChI=1S/C24H30Cl2N2O/c1-2-3-4-5-9-15-27-16-17-28(18-22(27)19-11-7-6-8-12-19)24(29)20-13-10-14-21(25)23(20)26/h6-8,10-14,22H,2-5,9,15-18H2,1H3. The quantitative estimate of drug-likeness (QED) is 0.446. The van der Waals surface area contributed by atoms with E-state index in [2.05, 4.69) is 36.1 Å².